The molecule has 0 saturated heterocycles. The van der Waals surface area contributed by atoms with Crippen molar-refractivity contribution in [2.24, 2.45) is 0 Å². The van der Waals surface area contributed by atoms with E-state index in [1.54, 1.807) is 35.7 Å². The first-order chi connectivity index (χ1) is 15.1. The van der Waals surface area contributed by atoms with Crippen LogP contribution in [0, 0.1) is 0 Å². The van der Waals surface area contributed by atoms with Crippen molar-refractivity contribution in [3.8, 4) is 11.4 Å². The second-order valence-corrected chi connectivity index (χ2v) is 9.46. The molecule has 10 nitrogen and oxygen atoms in total. The van der Waals surface area contributed by atoms with Gasteiger partial charge in [-0.15, -0.1) is 10.2 Å². The van der Waals surface area contributed by atoms with Gasteiger partial charge in [0, 0.05) is 0 Å². The van der Waals surface area contributed by atoms with E-state index in [4.69, 9.17) is 4.74 Å². The minimum absolute atomic E-state index is 0.0565. The molecule has 1 aromatic carbocycles. The quantitative estimate of drug-likeness (QED) is 0.225. The number of thioether (sulfide) groups is 2. The number of amides is 1. The standard InChI is InChI=1S/C18H17N7O3S3/c1-3-29-18-24-23-17(31-18)20-13(26)9-30-16-21-14-12(15(27)22-16)8-19-25(14)10-4-6-11(28-2)7-5-10/h4-8H,3,9H2,1-2H3,(H,20,23,26)(H,21,22,27). The maximum Gasteiger partial charge on any atom is 0.262 e. The molecule has 0 bridgehead atoms. The van der Waals surface area contributed by atoms with Crippen molar-refractivity contribution in [3.05, 3.63) is 40.8 Å². The number of aromatic nitrogens is 6. The molecule has 3 heterocycles. The molecule has 3 aromatic heterocycles. The Labute approximate surface area is 188 Å². The summed E-state index contributed by atoms with van der Waals surface area (Å²) in [6, 6.07) is 7.24. The monoisotopic (exact) mass is 475 g/mol. The van der Waals surface area contributed by atoms with Gasteiger partial charge in [-0.2, -0.15) is 5.10 Å². The van der Waals surface area contributed by atoms with E-state index in [9.17, 15) is 9.59 Å². The molecule has 0 aliphatic carbocycles. The van der Waals surface area contributed by atoms with E-state index in [1.807, 2.05) is 19.1 Å². The fraction of sp³-hybridized carbons (Fsp3) is 0.222. The molecule has 0 spiro atoms. The Balaban J connectivity index is 1.49. The third-order valence-corrected chi connectivity index (χ3v) is 6.72. The minimum Gasteiger partial charge on any atom is -0.497 e. The van der Waals surface area contributed by atoms with Crippen molar-refractivity contribution in [2.75, 3.05) is 23.9 Å². The number of methoxy groups -OCH3 is 1. The summed E-state index contributed by atoms with van der Waals surface area (Å²) in [4.78, 5) is 31.9. The van der Waals surface area contributed by atoms with Gasteiger partial charge in [0.05, 0.1) is 24.7 Å². The maximum absolute atomic E-state index is 12.4. The summed E-state index contributed by atoms with van der Waals surface area (Å²) in [6.07, 6.45) is 1.47. The van der Waals surface area contributed by atoms with E-state index in [-0.39, 0.29) is 17.2 Å². The van der Waals surface area contributed by atoms with Gasteiger partial charge in [-0.25, -0.2) is 9.67 Å². The summed E-state index contributed by atoms with van der Waals surface area (Å²) < 4.78 is 7.54. The molecular formula is C18H17N7O3S3. The molecule has 1 amide bonds. The number of fused-ring (bicyclic) bond motifs is 1. The molecular weight excluding hydrogens is 458 g/mol. The second-order valence-electron chi connectivity index (χ2n) is 6.01. The number of nitrogens with zero attached hydrogens (tertiary/aromatic N) is 5. The van der Waals surface area contributed by atoms with Crippen molar-refractivity contribution in [2.45, 2.75) is 16.4 Å². The summed E-state index contributed by atoms with van der Waals surface area (Å²) >= 11 is 4.00. The summed E-state index contributed by atoms with van der Waals surface area (Å²) in [5.74, 6) is 1.39. The lowest BCUT2D eigenvalue weighted by Crippen LogP contribution is -2.15. The molecule has 0 aliphatic heterocycles. The van der Waals surface area contributed by atoms with Gasteiger partial charge in [-0.1, -0.05) is 41.8 Å². The third kappa shape index (κ3) is 4.89. The van der Waals surface area contributed by atoms with Crippen LogP contribution < -0.4 is 15.6 Å². The van der Waals surface area contributed by atoms with Crippen LogP contribution in [0.15, 0.2) is 44.8 Å². The van der Waals surface area contributed by atoms with Gasteiger partial charge in [-0.3, -0.25) is 14.9 Å². The normalized spacial score (nSPS) is 11.0. The van der Waals surface area contributed by atoms with Crippen molar-refractivity contribution in [1.82, 2.24) is 29.9 Å². The van der Waals surface area contributed by atoms with Crippen molar-refractivity contribution in [1.29, 1.82) is 0 Å². The average Bonchev–Trinajstić information content (AvgIpc) is 3.40. The molecule has 31 heavy (non-hydrogen) atoms. The van der Waals surface area contributed by atoms with Crippen molar-refractivity contribution < 1.29 is 9.53 Å². The molecule has 4 rings (SSSR count). The number of benzene rings is 1. The van der Waals surface area contributed by atoms with E-state index >= 15 is 0 Å². The number of H-pyrrole nitrogens is 1. The summed E-state index contributed by atoms with van der Waals surface area (Å²) in [7, 11) is 1.59. The number of anilines is 1. The predicted octanol–water partition coefficient (Wildman–Crippen LogP) is 2.81. The number of carbonyl (C=O) groups excluding carboxylic acids is 1. The number of carbonyl (C=O) groups is 1. The van der Waals surface area contributed by atoms with E-state index < -0.39 is 0 Å². The van der Waals surface area contributed by atoms with Crippen LogP contribution in [0.4, 0.5) is 5.13 Å². The molecule has 0 unspecified atom stereocenters. The number of nitrogens with one attached hydrogen (secondary N) is 2. The van der Waals surface area contributed by atoms with Crippen LogP contribution in [-0.4, -0.2) is 54.5 Å². The predicted molar refractivity (Wildman–Crippen MR) is 122 cm³/mol. The van der Waals surface area contributed by atoms with E-state index in [2.05, 4.69) is 30.6 Å². The van der Waals surface area contributed by atoms with E-state index in [0.29, 0.717) is 27.1 Å². The summed E-state index contributed by atoms with van der Waals surface area (Å²) in [6.45, 7) is 2.02. The van der Waals surface area contributed by atoms with Crippen LogP contribution >= 0.6 is 34.9 Å². The Bertz CT molecular complexity index is 1270. The number of hydrogen-bond donors (Lipinski definition) is 2. The fourth-order valence-electron chi connectivity index (χ4n) is 2.61. The molecule has 4 aromatic rings. The van der Waals surface area contributed by atoms with E-state index in [1.165, 1.54) is 17.5 Å². The Morgan fingerprint density at radius 3 is 2.81 bits per heavy atom. The van der Waals surface area contributed by atoms with Gasteiger partial charge in [0.2, 0.25) is 11.0 Å². The Hall–Kier alpha value is -2.90. The number of ether oxygens (including phenoxy) is 1. The first kappa shape index (κ1) is 21.3. The Morgan fingerprint density at radius 2 is 2.06 bits per heavy atom. The molecule has 160 valence electrons. The van der Waals surface area contributed by atoms with Crippen LogP contribution in [0.2, 0.25) is 0 Å². The minimum atomic E-state index is -0.321. The SMILES string of the molecule is CCSc1nnc(NC(=O)CSc2nc3c(cnn3-c3ccc(OC)cc3)c(=O)[nH]2)s1. The van der Waals surface area contributed by atoms with Gasteiger partial charge >= 0.3 is 0 Å². The summed E-state index contributed by atoms with van der Waals surface area (Å²) in [5, 5.41) is 16.1. The van der Waals surface area contributed by atoms with Gasteiger partial charge in [0.1, 0.15) is 11.1 Å². The highest BCUT2D eigenvalue weighted by molar-refractivity contribution is 8.01. The topological polar surface area (TPSA) is 128 Å². The number of hydrogen-bond acceptors (Lipinski definition) is 10. The average molecular weight is 476 g/mol. The van der Waals surface area contributed by atoms with Gasteiger partial charge in [0.15, 0.2) is 15.1 Å². The molecule has 13 heteroatoms. The molecule has 2 N–H and O–H groups in total. The molecule has 0 fully saturated rings. The zero-order valence-corrected chi connectivity index (χ0v) is 18.9. The van der Waals surface area contributed by atoms with Crippen LogP contribution in [0.1, 0.15) is 6.92 Å². The first-order valence-electron chi connectivity index (χ1n) is 9.09. The number of aromatic amines is 1. The smallest absolute Gasteiger partial charge is 0.262 e. The maximum atomic E-state index is 12.4. The lowest BCUT2D eigenvalue weighted by atomic mass is 10.3. The van der Waals surface area contributed by atoms with Crippen molar-refractivity contribution >= 4 is 56.9 Å². The van der Waals surface area contributed by atoms with Crippen LogP contribution in [0.25, 0.3) is 16.7 Å². The van der Waals surface area contributed by atoms with E-state index in [0.717, 1.165) is 27.5 Å². The van der Waals surface area contributed by atoms with Crippen molar-refractivity contribution in [3.63, 3.8) is 0 Å². The van der Waals surface area contributed by atoms with Gasteiger partial charge in [-0.05, 0) is 30.0 Å². The Morgan fingerprint density at radius 1 is 1.26 bits per heavy atom. The van der Waals surface area contributed by atoms with Gasteiger partial charge < -0.3 is 9.72 Å². The lowest BCUT2D eigenvalue weighted by Gasteiger charge is -2.06. The lowest BCUT2D eigenvalue weighted by molar-refractivity contribution is -0.113. The first-order valence-corrected chi connectivity index (χ1v) is 11.9. The Kier molecular flexibility index (Phi) is 6.53. The highest BCUT2D eigenvalue weighted by atomic mass is 32.2. The largest absolute Gasteiger partial charge is 0.497 e. The fourth-order valence-corrected chi connectivity index (χ4v) is 4.93. The van der Waals surface area contributed by atoms with Crippen LogP contribution in [0.5, 0.6) is 5.75 Å². The zero-order valence-electron chi connectivity index (χ0n) is 16.5. The van der Waals surface area contributed by atoms with Gasteiger partial charge in [0.25, 0.3) is 5.56 Å². The van der Waals surface area contributed by atoms with Crippen LogP contribution in [0.3, 0.4) is 0 Å². The molecule has 0 radical (unpaired) electrons. The molecule has 0 atom stereocenters. The highest BCUT2D eigenvalue weighted by Gasteiger charge is 2.14. The zero-order chi connectivity index (χ0) is 21.8. The third-order valence-electron chi connectivity index (χ3n) is 3.99. The second kappa shape index (κ2) is 9.49. The number of rotatable bonds is 8. The summed E-state index contributed by atoms with van der Waals surface area (Å²) in [5.41, 5.74) is 0.819. The molecule has 0 saturated carbocycles. The van der Waals surface area contributed by atoms with Crippen LogP contribution in [-0.2, 0) is 4.79 Å². The molecule has 0 aliphatic rings. The highest BCUT2D eigenvalue weighted by Crippen LogP contribution is 2.25.